The summed E-state index contributed by atoms with van der Waals surface area (Å²) in [6.45, 7) is 0.943. The van der Waals surface area contributed by atoms with E-state index in [2.05, 4.69) is 10.1 Å². The van der Waals surface area contributed by atoms with Crippen molar-refractivity contribution in [2.75, 3.05) is 20.3 Å². The lowest BCUT2D eigenvalue weighted by atomic mass is 10.4. The normalized spacial score (nSPS) is 25.4. The van der Waals surface area contributed by atoms with Crippen molar-refractivity contribution in [1.82, 2.24) is 5.32 Å². The van der Waals surface area contributed by atoms with E-state index in [4.69, 9.17) is 4.74 Å². The molecule has 4 nitrogen and oxygen atoms in total. The number of cyclic esters (lactones) is 1. The van der Waals surface area contributed by atoms with Crippen LogP contribution in [0.2, 0.25) is 0 Å². The third-order valence-electron chi connectivity index (χ3n) is 1.11. The van der Waals surface area contributed by atoms with Crippen LogP contribution in [0.5, 0.6) is 0 Å². The van der Waals surface area contributed by atoms with Gasteiger partial charge < -0.3 is 14.8 Å². The van der Waals surface area contributed by atoms with Crippen LogP contribution in [0.4, 0.5) is 4.79 Å². The van der Waals surface area contributed by atoms with Gasteiger partial charge in [0.2, 0.25) is 0 Å². The standard InChI is InChI=1S/C5H9NO3/c1-8-2-4-3-9-5(7)6-4/h4H,2-3H2,1H3,(H,6,7). The largest absolute Gasteiger partial charge is 0.447 e. The Morgan fingerprint density at radius 2 is 2.78 bits per heavy atom. The monoisotopic (exact) mass is 131 g/mol. The van der Waals surface area contributed by atoms with Crippen molar-refractivity contribution in [1.29, 1.82) is 0 Å². The van der Waals surface area contributed by atoms with E-state index in [9.17, 15) is 4.79 Å². The Bertz CT molecular complexity index is 115. The average molecular weight is 131 g/mol. The summed E-state index contributed by atoms with van der Waals surface area (Å²) in [4.78, 5) is 10.3. The fourth-order valence-electron chi connectivity index (χ4n) is 0.717. The molecule has 1 amide bonds. The Hall–Kier alpha value is -0.770. The second kappa shape index (κ2) is 2.68. The molecule has 1 unspecified atom stereocenters. The van der Waals surface area contributed by atoms with Gasteiger partial charge in [-0.15, -0.1) is 0 Å². The summed E-state index contributed by atoms with van der Waals surface area (Å²) < 4.78 is 9.37. The lowest BCUT2D eigenvalue weighted by Crippen LogP contribution is -2.30. The second-order valence-electron chi connectivity index (χ2n) is 1.90. The van der Waals surface area contributed by atoms with Gasteiger partial charge in [0.05, 0.1) is 12.6 Å². The van der Waals surface area contributed by atoms with Crippen LogP contribution >= 0.6 is 0 Å². The molecule has 1 fully saturated rings. The van der Waals surface area contributed by atoms with E-state index in [1.54, 1.807) is 7.11 Å². The summed E-state index contributed by atoms with van der Waals surface area (Å²) in [5, 5.41) is 2.57. The first-order valence-electron chi connectivity index (χ1n) is 2.75. The maximum Gasteiger partial charge on any atom is 0.407 e. The topological polar surface area (TPSA) is 47.6 Å². The quantitative estimate of drug-likeness (QED) is 0.561. The molecule has 1 aliphatic rings. The molecule has 1 heterocycles. The summed E-state index contributed by atoms with van der Waals surface area (Å²) in [6, 6.07) is 0.0440. The van der Waals surface area contributed by atoms with Gasteiger partial charge in [-0.25, -0.2) is 4.79 Å². The summed E-state index contributed by atoms with van der Waals surface area (Å²) in [6.07, 6.45) is -0.350. The minimum atomic E-state index is -0.350. The number of amides is 1. The minimum Gasteiger partial charge on any atom is -0.447 e. The fourth-order valence-corrected chi connectivity index (χ4v) is 0.717. The minimum absolute atomic E-state index is 0.0440. The van der Waals surface area contributed by atoms with Crippen LogP contribution in [0, 0.1) is 0 Å². The van der Waals surface area contributed by atoms with Crippen LogP contribution in [0.25, 0.3) is 0 Å². The van der Waals surface area contributed by atoms with E-state index in [0.29, 0.717) is 13.2 Å². The molecule has 1 N–H and O–H groups in total. The van der Waals surface area contributed by atoms with Gasteiger partial charge in [-0.1, -0.05) is 0 Å². The third-order valence-corrected chi connectivity index (χ3v) is 1.11. The zero-order valence-corrected chi connectivity index (χ0v) is 5.22. The Labute approximate surface area is 53.1 Å². The molecule has 0 radical (unpaired) electrons. The zero-order valence-electron chi connectivity index (χ0n) is 5.22. The van der Waals surface area contributed by atoms with Gasteiger partial charge in [-0.05, 0) is 0 Å². The number of methoxy groups -OCH3 is 1. The van der Waals surface area contributed by atoms with Crippen LogP contribution in [0.15, 0.2) is 0 Å². The van der Waals surface area contributed by atoms with Crippen molar-refractivity contribution in [2.45, 2.75) is 6.04 Å². The number of nitrogens with one attached hydrogen (secondary N) is 1. The molecule has 0 aliphatic carbocycles. The van der Waals surface area contributed by atoms with Gasteiger partial charge in [0.1, 0.15) is 6.61 Å². The predicted octanol–water partition coefficient (Wildman–Crippen LogP) is -0.259. The molecule has 1 saturated heterocycles. The Morgan fingerprint density at radius 3 is 3.22 bits per heavy atom. The summed E-state index contributed by atoms with van der Waals surface area (Å²) in [7, 11) is 1.59. The van der Waals surface area contributed by atoms with Gasteiger partial charge in [0.15, 0.2) is 0 Å². The number of carbonyl (C=O) groups excluding carboxylic acids is 1. The van der Waals surface area contributed by atoms with E-state index in [-0.39, 0.29) is 12.1 Å². The molecule has 0 aromatic heterocycles. The van der Waals surface area contributed by atoms with E-state index in [1.807, 2.05) is 0 Å². The summed E-state index contributed by atoms with van der Waals surface area (Å²) >= 11 is 0. The highest BCUT2D eigenvalue weighted by atomic mass is 16.6. The van der Waals surface area contributed by atoms with E-state index >= 15 is 0 Å². The molecule has 1 rings (SSSR count). The maximum absolute atomic E-state index is 10.3. The third kappa shape index (κ3) is 1.57. The zero-order chi connectivity index (χ0) is 6.69. The Balaban J connectivity index is 2.22. The molecule has 4 heteroatoms. The van der Waals surface area contributed by atoms with Gasteiger partial charge in [-0.2, -0.15) is 0 Å². The van der Waals surface area contributed by atoms with Crippen molar-refractivity contribution in [3.8, 4) is 0 Å². The molecular weight excluding hydrogens is 122 g/mol. The van der Waals surface area contributed by atoms with E-state index < -0.39 is 0 Å². The smallest absolute Gasteiger partial charge is 0.407 e. The lowest BCUT2D eigenvalue weighted by Gasteiger charge is -2.02. The van der Waals surface area contributed by atoms with Gasteiger partial charge in [-0.3, -0.25) is 0 Å². The highest BCUT2D eigenvalue weighted by Gasteiger charge is 2.21. The second-order valence-corrected chi connectivity index (χ2v) is 1.90. The van der Waals surface area contributed by atoms with Crippen LogP contribution < -0.4 is 5.32 Å². The Kier molecular flexibility index (Phi) is 1.89. The fraction of sp³-hybridized carbons (Fsp3) is 0.800. The highest BCUT2D eigenvalue weighted by molar-refractivity contribution is 5.69. The molecule has 52 valence electrons. The summed E-state index contributed by atoms with van der Waals surface area (Å²) in [5.74, 6) is 0. The first kappa shape index (κ1) is 6.35. The van der Waals surface area contributed by atoms with Crippen LogP contribution in [-0.4, -0.2) is 32.5 Å². The lowest BCUT2D eigenvalue weighted by molar-refractivity contribution is 0.156. The molecule has 9 heavy (non-hydrogen) atoms. The van der Waals surface area contributed by atoms with Crippen molar-refractivity contribution in [3.63, 3.8) is 0 Å². The molecule has 1 aliphatic heterocycles. The first-order chi connectivity index (χ1) is 4.33. The molecular formula is C5H9NO3. The van der Waals surface area contributed by atoms with Crippen molar-refractivity contribution in [2.24, 2.45) is 0 Å². The van der Waals surface area contributed by atoms with Crippen molar-refractivity contribution in [3.05, 3.63) is 0 Å². The first-order valence-corrected chi connectivity index (χ1v) is 2.75. The average Bonchev–Trinajstić information content (AvgIpc) is 2.17. The van der Waals surface area contributed by atoms with Crippen molar-refractivity contribution >= 4 is 6.09 Å². The summed E-state index contributed by atoms with van der Waals surface area (Å²) in [5.41, 5.74) is 0. The number of alkyl carbamates (subject to hydrolysis) is 1. The molecule has 0 aromatic carbocycles. The van der Waals surface area contributed by atoms with Gasteiger partial charge >= 0.3 is 6.09 Å². The van der Waals surface area contributed by atoms with Crippen LogP contribution in [0.1, 0.15) is 0 Å². The highest BCUT2D eigenvalue weighted by Crippen LogP contribution is 1.96. The van der Waals surface area contributed by atoms with Crippen molar-refractivity contribution < 1.29 is 14.3 Å². The van der Waals surface area contributed by atoms with Crippen LogP contribution in [-0.2, 0) is 9.47 Å². The number of carbonyl (C=O) groups is 1. The maximum atomic E-state index is 10.3. The number of hydrogen-bond acceptors (Lipinski definition) is 3. The molecule has 0 spiro atoms. The van der Waals surface area contributed by atoms with Gasteiger partial charge in [0.25, 0.3) is 0 Å². The molecule has 0 aromatic rings. The number of ether oxygens (including phenoxy) is 2. The molecule has 1 atom stereocenters. The Morgan fingerprint density at radius 1 is 2.00 bits per heavy atom. The van der Waals surface area contributed by atoms with Crippen LogP contribution in [0.3, 0.4) is 0 Å². The molecule has 0 saturated carbocycles. The molecule has 0 bridgehead atoms. The predicted molar refractivity (Wildman–Crippen MR) is 30.1 cm³/mol. The number of rotatable bonds is 2. The SMILES string of the molecule is COCC1COC(=O)N1. The van der Waals surface area contributed by atoms with Gasteiger partial charge in [0, 0.05) is 7.11 Å². The van der Waals surface area contributed by atoms with E-state index in [1.165, 1.54) is 0 Å². The van der Waals surface area contributed by atoms with E-state index in [0.717, 1.165) is 0 Å². The number of hydrogen-bond donors (Lipinski definition) is 1.